The van der Waals surface area contributed by atoms with Crippen LogP contribution in [0.4, 0.5) is 0 Å². The van der Waals surface area contributed by atoms with Crippen molar-refractivity contribution in [2.24, 2.45) is 4.40 Å². The van der Waals surface area contributed by atoms with Gasteiger partial charge >= 0.3 is 0 Å². The highest BCUT2D eigenvalue weighted by Gasteiger charge is 2.18. The largest absolute Gasteiger partial charge is 0.243 e. The molecule has 0 amide bonds. The van der Waals surface area contributed by atoms with Gasteiger partial charge in [0, 0.05) is 18.0 Å². The zero-order chi connectivity index (χ0) is 12.3. The average molecular weight is 279 g/mol. The lowest BCUT2D eigenvalue weighted by Crippen LogP contribution is -2.19. The quantitative estimate of drug-likeness (QED) is 0.616. The van der Waals surface area contributed by atoms with Crippen LogP contribution in [0.15, 0.2) is 16.7 Å². The molecule has 0 fully saturated rings. The molecule has 0 N–H and O–H groups in total. The Kier molecular flexibility index (Phi) is 4.47. The molecule has 88 valence electrons. The van der Waals surface area contributed by atoms with Gasteiger partial charge in [-0.05, 0) is 26.8 Å². The van der Waals surface area contributed by atoms with Gasteiger partial charge in [-0.2, -0.15) is 4.40 Å². The van der Waals surface area contributed by atoms with Gasteiger partial charge in [0.2, 0.25) is 0 Å². The summed E-state index contributed by atoms with van der Waals surface area (Å²) in [5, 5.41) is 0.533. The lowest BCUT2D eigenvalue weighted by Gasteiger charge is -2.12. The molecule has 0 aliphatic carbocycles. The molecule has 1 rings (SSSR count). The maximum absolute atomic E-state index is 11.7. The molecule has 6 heteroatoms. The van der Waals surface area contributed by atoms with Crippen molar-refractivity contribution >= 4 is 40.4 Å². The standard InChI is InChI=1S/C10H12Cl2N2OS/c1-10(2,3)16(15)14-6-7-4-5-13-9(12)8(7)11/h4-6H,1-3H3/b14-6+/t16-/m0/s1. The van der Waals surface area contributed by atoms with E-state index in [4.69, 9.17) is 23.2 Å². The molecule has 0 aliphatic heterocycles. The van der Waals surface area contributed by atoms with Crippen LogP contribution in [0.5, 0.6) is 0 Å². The van der Waals surface area contributed by atoms with Gasteiger partial charge in [0.25, 0.3) is 0 Å². The molecule has 0 unspecified atom stereocenters. The molecule has 1 aromatic rings. The van der Waals surface area contributed by atoms with Crippen LogP contribution in [0, 0.1) is 0 Å². The van der Waals surface area contributed by atoms with Crippen LogP contribution in [0.25, 0.3) is 0 Å². The fourth-order valence-corrected chi connectivity index (χ4v) is 1.65. The van der Waals surface area contributed by atoms with Crippen molar-refractivity contribution in [3.8, 4) is 0 Å². The number of rotatable bonds is 2. The van der Waals surface area contributed by atoms with Gasteiger partial charge in [0.1, 0.15) is 16.1 Å². The van der Waals surface area contributed by atoms with E-state index >= 15 is 0 Å². The minimum absolute atomic E-state index is 0.215. The first-order chi connectivity index (χ1) is 7.32. The Morgan fingerprint density at radius 2 is 2.06 bits per heavy atom. The van der Waals surface area contributed by atoms with Crippen LogP contribution in [-0.2, 0) is 11.0 Å². The number of nitrogens with zero attached hydrogens (tertiary/aromatic N) is 2. The number of hydrogen-bond donors (Lipinski definition) is 0. The second kappa shape index (κ2) is 5.25. The molecule has 16 heavy (non-hydrogen) atoms. The molecule has 0 bridgehead atoms. The second-order valence-corrected chi connectivity index (χ2v) is 6.77. The normalized spacial score (nSPS) is 14.3. The maximum Gasteiger partial charge on any atom is 0.148 e. The van der Waals surface area contributed by atoms with Crippen LogP contribution < -0.4 is 0 Å². The van der Waals surface area contributed by atoms with Crippen LogP contribution in [0.3, 0.4) is 0 Å². The second-order valence-electron chi connectivity index (χ2n) is 4.10. The molecular formula is C10H12Cl2N2OS. The molecule has 1 atom stereocenters. The Morgan fingerprint density at radius 3 is 2.62 bits per heavy atom. The predicted octanol–water partition coefficient (Wildman–Crippen LogP) is 3.27. The summed E-state index contributed by atoms with van der Waals surface area (Å²) >= 11 is 11.6. The van der Waals surface area contributed by atoms with Crippen molar-refractivity contribution in [2.45, 2.75) is 25.5 Å². The van der Waals surface area contributed by atoms with Crippen molar-refractivity contribution in [3.63, 3.8) is 0 Å². The summed E-state index contributed by atoms with van der Waals surface area (Å²) in [6.07, 6.45) is 2.98. The number of pyridine rings is 1. The Morgan fingerprint density at radius 1 is 1.44 bits per heavy atom. The van der Waals surface area contributed by atoms with Gasteiger partial charge in [0.15, 0.2) is 0 Å². The molecule has 1 heterocycles. The fourth-order valence-electron chi connectivity index (χ4n) is 0.794. The topological polar surface area (TPSA) is 42.3 Å². The summed E-state index contributed by atoms with van der Waals surface area (Å²) in [4.78, 5) is 3.81. The summed E-state index contributed by atoms with van der Waals surface area (Å²) in [6.45, 7) is 5.55. The molecule has 0 saturated carbocycles. The summed E-state index contributed by atoms with van der Waals surface area (Å²) < 4.78 is 15.2. The van der Waals surface area contributed by atoms with E-state index in [1.54, 1.807) is 6.07 Å². The molecule has 0 saturated heterocycles. The first-order valence-electron chi connectivity index (χ1n) is 4.58. The SMILES string of the molecule is CC(C)(C)[S@](=O)/N=C/c1ccnc(Cl)c1Cl. The van der Waals surface area contributed by atoms with Gasteiger partial charge in [-0.15, -0.1) is 0 Å². The lowest BCUT2D eigenvalue weighted by molar-refractivity contribution is 0.651. The predicted molar refractivity (Wildman–Crippen MR) is 69.7 cm³/mol. The Bertz CT molecular complexity index is 441. The molecule has 0 aromatic carbocycles. The number of hydrogen-bond acceptors (Lipinski definition) is 2. The van der Waals surface area contributed by atoms with E-state index < -0.39 is 11.0 Å². The highest BCUT2D eigenvalue weighted by molar-refractivity contribution is 7.85. The van der Waals surface area contributed by atoms with Gasteiger partial charge in [0.05, 0.1) is 9.77 Å². The van der Waals surface area contributed by atoms with E-state index in [0.717, 1.165) is 0 Å². The number of aromatic nitrogens is 1. The molecule has 0 radical (unpaired) electrons. The van der Waals surface area contributed by atoms with E-state index in [-0.39, 0.29) is 9.90 Å². The highest BCUT2D eigenvalue weighted by atomic mass is 35.5. The minimum Gasteiger partial charge on any atom is -0.243 e. The highest BCUT2D eigenvalue weighted by Crippen LogP contribution is 2.22. The van der Waals surface area contributed by atoms with Gasteiger partial charge in [-0.25, -0.2) is 9.19 Å². The van der Waals surface area contributed by atoms with Crippen LogP contribution >= 0.6 is 23.2 Å². The summed E-state index contributed by atoms with van der Waals surface area (Å²) in [6, 6.07) is 1.66. The van der Waals surface area contributed by atoms with E-state index in [2.05, 4.69) is 9.38 Å². The first-order valence-corrected chi connectivity index (χ1v) is 6.44. The summed E-state index contributed by atoms with van der Waals surface area (Å²) in [5.74, 6) is 0. The van der Waals surface area contributed by atoms with Gasteiger partial charge in [-0.1, -0.05) is 23.2 Å². The summed E-state index contributed by atoms with van der Waals surface area (Å²) in [7, 11) is -1.31. The molecular weight excluding hydrogens is 267 g/mol. The Hall–Kier alpha value is -0.450. The van der Waals surface area contributed by atoms with E-state index in [1.807, 2.05) is 20.8 Å². The van der Waals surface area contributed by atoms with Crippen molar-refractivity contribution in [1.29, 1.82) is 0 Å². The molecule has 1 aromatic heterocycles. The minimum atomic E-state index is -1.31. The third-order valence-corrected chi connectivity index (χ3v) is 3.81. The van der Waals surface area contributed by atoms with Crippen molar-refractivity contribution in [1.82, 2.24) is 4.98 Å². The van der Waals surface area contributed by atoms with Crippen molar-refractivity contribution < 1.29 is 4.21 Å². The van der Waals surface area contributed by atoms with Crippen molar-refractivity contribution in [2.75, 3.05) is 0 Å². The number of halogens is 2. The molecule has 0 spiro atoms. The third-order valence-electron chi connectivity index (χ3n) is 1.69. The van der Waals surface area contributed by atoms with E-state index in [9.17, 15) is 4.21 Å². The average Bonchev–Trinajstić information content (AvgIpc) is 2.18. The van der Waals surface area contributed by atoms with Crippen LogP contribution in [-0.4, -0.2) is 20.2 Å². The molecule has 3 nitrogen and oxygen atoms in total. The van der Waals surface area contributed by atoms with Crippen molar-refractivity contribution in [3.05, 3.63) is 28.0 Å². The van der Waals surface area contributed by atoms with E-state index in [1.165, 1.54) is 12.4 Å². The van der Waals surface area contributed by atoms with E-state index in [0.29, 0.717) is 10.6 Å². The monoisotopic (exact) mass is 278 g/mol. The zero-order valence-electron chi connectivity index (χ0n) is 9.20. The lowest BCUT2D eigenvalue weighted by atomic mass is 10.3. The maximum atomic E-state index is 11.7. The summed E-state index contributed by atoms with van der Waals surface area (Å²) in [5.41, 5.74) is 0.610. The van der Waals surface area contributed by atoms with Gasteiger partial charge in [-0.3, -0.25) is 0 Å². The van der Waals surface area contributed by atoms with Gasteiger partial charge < -0.3 is 0 Å². The van der Waals surface area contributed by atoms with Crippen LogP contribution in [0.1, 0.15) is 26.3 Å². The third kappa shape index (κ3) is 3.54. The Balaban J connectivity index is 2.94. The fraction of sp³-hybridized carbons (Fsp3) is 0.400. The molecule has 0 aliphatic rings. The smallest absolute Gasteiger partial charge is 0.148 e. The first kappa shape index (κ1) is 13.6. The van der Waals surface area contributed by atoms with Crippen LogP contribution in [0.2, 0.25) is 10.2 Å². The Labute approximate surface area is 107 Å². The zero-order valence-corrected chi connectivity index (χ0v) is 11.5.